The Labute approximate surface area is 331 Å². The number of carboxylic acids is 1. The van der Waals surface area contributed by atoms with E-state index in [4.69, 9.17) is 23.2 Å². The van der Waals surface area contributed by atoms with Crippen molar-refractivity contribution >= 4 is 132 Å². The van der Waals surface area contributed by atoms with E-state index < -0.39 is 28.8 Å². The van der Waals surface area contributed by atoms with Crippen LogP contribution in [0.4, 0.5) is 35.0 Å². The fourth-order valence-corrected chi connectivity index (χ4v) is 7.71. The molecule has 236 valence electrons. The monoisotopic (exact) mass is 1010 g/mol. The van der Waals surface area contributed by atoms with Crippen molar-refractivity contribution in [2.45, 2.75) is 39.3 Å². The second-order valence-electron chi connectivity index (χ2n) is 8.83. The molecule has 16 heteroatoms. The van der Waals surface area contributed by atoms with Crippen LogP contribution in [0.25, 0.3) is 6.08 Å². The Morgan fingerprint density at radius 1 is 0.889 bits per heavy atom. The quantitative estimate of drug-likeness (QED) is 0.137. The van der Waals surface area contributed by atoms with Gasteiger partial charge in [0.05, 0.1) is 22.2 Å². The molecule has 3 N–H and O–H groups in total. The van der Waals surface area contributed by atoms with Crippen molar-refractivity contribution in [1.82, 2.24) is 0 Å². The van der Waals surface area contributed by atoms with Gasteiger partial charge >= 0.3 is 41.8 Å². The van der Waals surface area contributed by atoms with E-state index >= 15 is 0 Å². The molecule has 3 rings (SSSR count). The van der Waals surface area contributed by atoms with Crippen molar-refractivity contribution in [2.24, 2.45) is 0 Å². The van der Waals surface area contributed by atoms with Crippen LogP contribution >= 0.6 is 91.0 Å². The average molecular weight is 1010 g/mol. The van der Waals surface area contributed by atoms with E-state index in [2.05, 4.69) is 83.7 Å². The van der Waals surface area contributed by atoms with E-state index in [0.29, 0.717) is 23.6 Å². The number of alkyl halides is 3. The van der Waals surface area contributed by atoms with Crippen LogP contribution in [-0.2, 0) is 15.8 Å². The van der Waals surface area contributed by atoms with E-state index in [0.717, 1.165) is 40.5 Å². The second-order valence-corrected chi connectivity index (χ2v) is 13.1. The van der Waals surface area contributed by atoms with Crippen LogP contribution in [0.2, 0.25) is 10.0 Å². The number of carbonyl (C=O) groups is 3. The van der Waals surface area contributed by atoms with Gasteiger partial charge in [-0.25, -0.2) is 4.79 Å². The van der Waals surface area contributed by atoms with Crippen LogP contribution in [0.3, 0.4) is 0 Å². The van der Waals surface area contributed by atoms with Gasteiger partial charge in [0.2, 0.25) is 5.91 Å². The number of benzene rings is 3. The SMILES string of the molecule is CCCC(=O)Nc1c(I)cc(I)c(/C=C(\CC)C(=O)[O-])c1I.O=C(Nc1ccc(Cl)cc1)Nc1ccc(Cl)c(C(F)(F)F)c1.[Na+]. The van der Waals surface area contributed by atoms with Gasteiger partial charge in [0, 0.05) is 39.1 Å². The fourth-order valence-electron chi connectivity index (χ4n) is 3.41. The van der Waals surface area contributed by atoms with Gasteiger partial charge in [0.15, 0.2) is 0 Å². The van der Waals surface area contributed by atoms with Crippen molar-refractivity contribution in [3.63, 3.8) is 0 Å². The summed E-state index contributed by atoms with van der Waals surface area (Å²) in [7, 11) is 0. The number of anilines is 3. The standard InChI is InChI=1S/C15H16I3NO3.C14H9Cl2F3N2O.Na/c1-3-5-12(20)19-14-11(17)7-10(16)9(13(14)18)6-8(4-2)15(21)22;15-8-1-3-9(4-2-8)20-13(22)21-10-5-6-12(16)11(7-10)14(17,18)19;/h6-7H,3-5H2,1-2H3,(H,19,20)(H,21,22);1-7H,(H2,20,21,22);/q;;+1/p-1/b8-6+;;. The molecule has 7 nitrogen and oxygen atoms in total. The zero-order valence-electron chi connectivity index (χ0n) is 24.0. The summed E-state index contributed by atoms with van der Waals surface area (Å²) < 4.78 is 40.9. The molecule has 0 spiro atoms. The molecule has 0 aliphatic carbocycles. The van der Waals surface area contributed by atoms with Gasteiger partial charge in [0.25, 0.3) is 0 Å². The minimum atomic E-state index is -4.60. The summed E-state index contributed by atoms with van der Waals surface area (Å²) >= 11 is 17.7. The zero-order valence-corrected chi connectivity index (χ0v) is 34.0. The molecular weight excluding hydrogens is 986 g/mol. The first kappa shape index (κ1) is 42.2. The van der Waals surface area contributed by atoms with Crippen molar-refractivity contribution < 1.29 is 62.2 Å². The maximum absolute atomic E-state index is 12.7. The number of amides is 3. The summed E-state index contributed by atoms with van der Waals surface area (Å²) in [5.74, 6) is -1.20. The predicted octanol–water partition coefficient (Wildman–Crippen LogP) is 6.44. The number of hydrogen-bond donors (Lipinski definition) is 3. The summed E-state index contributed by atoms with van der Waals surface area (Å²) in [6, 6.07) is 10.6. The van der Waals surface area contributed by atoms with Crippen LogP contribution < -0.4 is 50.6 Å². The number of rotatable bonds is 8. The smallest absolute Gasteiger partial charge is 0.545 e. The average Bonchev–Trinajstić information content (AvgIpc) is 2.93. The first-order valence-electron chi connectivity index (χ1n) is 12.7. The van der Waals surface area contributed by atoms with Crippen molar-refractivity contribution in [3.05, 3.63) is 86.0 Å². The third-order valence-corrected chi connectivity index (χ3v) is 8.99. The second kappa shape index (κ2) is 19.9. The molecule has 0 saturated carbocycles. The van der Waals surface area contributed by atoms with Crippen molar-refractivity contribution in [3.8, 4) is 0 Å². The van der Waals surface area contributed by atoms with Gasteiger partial charge in [-0.1, -0.05) is 37.0 Å². The van der Waals surface area contributed by atoms with Crippen LogP contribution in [0, 0.1) is 10.7 Å². The molecule has 45 heavy (non-hydrogen) atoms. The fraction of sp³-hybridized carbons (Fsp3) is 0.207. The van der Waals surface area contributed by atoms with E-state index in [1.165, 1.54) is 6.07 Å². The molecule has 0 aliphatic heterocycles. The molecular formula is C29H24Cl2F3I3N3NaO4. The Morgan fingerprint density at radius 3 is 2.00 bits per heavy atom. The molecule has 0 unspecified atom stereocenters. The Balaban J connectivity index is 0.000000440. The number of carbonyl (C=O) groups excluding carboxylic acids is 3. The Bertz CT molecular complexity index is 1560. The summed E-state index contributed by atoms with van der Waals surface area (Å²) in [5, 5.41) is 18.9. The number of carboxylic acid groups (broad SMARTS) is 1. The van der Waals surface area contributed by atoms with E-state index in [-0.39, 0.29) is 46.7 Å². The number of urea groups is 1. The number of aliphatic carboxylic acids is 1. The molecule has 0 aromatic heterocycles. The maximum Gasteiger partial charge on any atom is 1.00 e. The topological polar surface area (TPSA) is 110 Å². The van der Waals surface area contributed by atoms with E-state index in [9.17, 15) is 32.7 Å². The van der Waals surface area contributed by atoms with Crippen LogP contribution in [0.5, 0.6) is 0 Å². The van der Waals surface area contributed by atoms with E-state index in [1.54, 1.807) is 37.3 Å². The molecule has 0 fully saturated rings. The van der Waals surface area contributed by atoms with Crippen molar-refractivity contribution in [1.29, 1.82) is 0 Å². The Morgan fingerprint density at radius 2 is 1.47 bits per heavy atom. The third kappa shape index (κ3) is 13.7. The van der Waals surface area contributed by atoms with Gasteiger partial charge in [-0.3, -0.25) is 4.79 Å². The summed E-state index contributed by atoms with van der Waals surface area (Å²) in [5.41, 5.74) is 1.19. The Kier molecular flexibility index (Phi) is 18.6. The number of nitrogens with one attached hydrogen (secondary N) is 3. The largest absolute Gasteiger partial charge is 1.00 e. The van der Waals surface area contributed by atoms with E-state index in [1.807, 2.05) is 13.0 Å². The first-order valence-corrected chi connectivity index (χ1v) is 16.7. The maximum atomic E-state index is 12.7. The molecule has 0 saturated heterocycles. The summed E-state index contributed by atoms with van der Waals surface area (Å²) in [4.78, 5) is 34.7. The number of halogens is 8. The molecule has 3 aromatic carbocycles. The normalized spacial score (nSPS) is 11.0. The first-order chi connectivity index (χ1) is 20.6. The minimum absolute atomic E-state index is 0. The number of hydrogen-bond acceptors (Lipinski definition) is 4. The molecule has 3 aromatic rings. The van der Waals surface area contributed by atoms with Gasteiger partial charge in [-0.2, -0.15) is 13.2 Å². The van der Waals surface area contributed by atoms with Gasteiger partial charge in [0.1, 0.15) is 0 Å². The van der Waals surface area contributed by atoms with Gasteiger partial charge < -0.3 is 25.9 Å². The van der Waals surface area contributed by atoms with Crippen molar-refractivity contribution in [2.75, 3.05) is 16.0 Å². The van der Waals surface area contributed by atoms with Gasteiger partial charge in [-0.05, 0) is 141 Å². The van der Waals surface area contributed by atoms with Crippen LogP contribution in [-0.4, -0.2) is 17.9 Å². The predicted molar refractivity (Wildman–Crippen MR) is 192 cm³/mol. The van der Waals surface area contributed by atoms with Crippen LogP contribution in [0.15, 0.2) is 54.1 Å². The van der Waals surface area contributed by atoms with Crippen LogP contribution in [0.1, 0.15) is 44.2 Å². The molecule has 0 radical (unpaired) electrons. The molecule has 0 atom stereocenters. The van der Waals surface area contributed by atoms with Gasteiger partial charge in [-0.15, -0.1) is 0 Å². The molecule has 3 amide bonds. The molecule has 0 heterocycles. The minimum Gasteiger partial charge on any atom is -0.545 e. The summed E-state index contributed by atoms with van der Waals surface area (Å²) in [6.07, 6.45) is -1.34. The third-order valence-electron chi connectivity index (χ3n) is 5.54. The molecule has 0 bridgehead atoms. The Hall–Kier alpha value is -0.830. The zero-order chi connectivity index (χ0) is 33.2. The summed E-state index contributed by atoms with van der Waals surface area (Å²) in [6.45, 7) is 3.73. The molecule has 0 aliphatic rings.